The third-order valence-electron chi connectivity index (χ3n) is 4.41. The molecule has 116 valence electrons. The molecule has 0 saturated heterocycles. The molecule has 4 rings (SSSR count). The average Bonchev–Trinajstić information content (AvgIpc) is 3.19. The fourth-order valence-electron chi connectivity index (χ4n) is 3.32. The number of hydrogen-bond acceptors (Lipinski definition) is 2. The highest BCUT2D eigenvalue weighted by atomic mass is 19.1. The third-order valence-corrected chi connectivity index (χ3v) is 4.41. The first-order valence-corrected chi connectivity index (χ1v) is 7.68. The monoisotopic (exact) mass is 308 g/mol. The molecule has 0 saturated carbocycles. The van der Waals surface area contributed by atoms with Crippen LogP contribution >= 0.6 is 0 Å². The summed E-state index contributed by atoms with van der Waals surface area (Å²) in [6, 6.07) is 15.0. The van der Waals surface area contributed by atoms with Gasteiger partial charge in [-0.2, -0.15) is 0 Å². The summed E-state index contributed by atoms with van der Waals surface area (Å²) in [5.74, 6) is -0.217. The van der Waals surface area contributed by atoms with Crippen LogP contribution in [0.2, 0.25) is 0 Å². The zero-order valence-electron chi connectivity index (χ0n) is 12.7. The second kappa shape index (κ2) is 5.63. The summed E-state index contributed by atoms with van der Waals surface area (Å²) in [6.45, 7) is 1.29. The molecule has 0 radical (unpaired) electrons. The van der Waals surface area contributed by atoms with Crippen LogP contribution in [0.5, 0.6) is 0 Å². The first-order chi connectivity index (χ1) is 11.3. The number of aromatic nitrogens is 2. The van der Waals surface area contributed by atoms with Crippen LogP contribution in [0.3, 0.4) is 0 Å². The van der Waals surface area contributed by atoms with Crippen molar-refractivity contribution in [3.05, 3.63) is 89.8 Å². The number of hydrogen-bond donors (Lipinski definition) is 0. The first-order valence-electron chi connectivity index (χ1n) is 7.68. The number of benzene rings is 2. The summed E-state index contributed by atoms with van der Waals surface area (Å²) < 4.78 is 21.5. The number of imidazole rings is 1. The Labute approximate surface area is 134 Å². The van der Waals surface area contributed by atoms with Crippen molar-refractivity contribution in [2.24, 2.45) is 0 Å². The lowest BCUT2D eigenvalue weighted by atomic mass is 9.86. The molecule has 1 aromatic heterocycles. The summed E-state index contributed by atoms with van der Waals surface area (Å²) in [4.78, 5) is 4.13. The maximum atomic E-state index is 13.2. The number of rotatable bonds is 4. The minimum atomic E-state index is -0.449. The highest BCUT2D eigenvalue weighted by Crippen LogP contribution is 2.40. The van der Waals surface area contributed by atoms with E-state index in [1.54, 1.807) is 12.5 Å². The molecular formula is C19H17FN2O. The Kier molecular flexibility index (Phi) is 3.46. The molecule has 4 heteroatoms. The lowest BCUT2D eigenvalue weighted by molar-refractivity contribution is -0.0506. The van der Waals surface area contributed by atoms with Crippen molar-refractivity contribution in [3.63, 3.8) is 0 Å². The molecule has 1 atom stereocenters. The molecule has 1 aliphatic heterocycles. The quantitative estimate of drug-likeness (QED) is 0.735. The Morgan fingerprint density at radius 3 is 2.74 bits per heavy atom. The molecule has 23 heavy (non-hydrogen) atoms. The molecule has 3 nitrogen and oxygen atoms in total. The van der Waals surface area contributed by atoms with E-state index in [-0.39, 0.29) is 5.82 Å². The predicted molar refractivity (Wildman–Crippen MR) is 85.2 cm³/mol. The molecule has 0 N–H and O–H groups in total. The molecule has 0 bridgehead atoms. The fourth-order valence-corrected chi connectivity index (χ4v) is 3.32. The third kappa shape index (κ3) is 2.66. The van der Waals surface area contributed by atoms with Crippen molar-refractivity contribution in [2.75, 3.05) is 0 Å². The predicted octanol–water partition coefficient (Wildman–Crippen LogP) is 3.69. The van der Waals surface area contributed by atoms with E-state index in [0.717, 1.165) is 5.56 Å². The topological polar surface area (TPSA) is 27.1 Å². The van der Waals surface area contributed by atoms with E-state index < -0.39 is 5.60 Å². The number of halogens is 1. The van der Waals surface area contributed by atoms with Crippen molar-refractivity contribution in [2.45, 2.75) is 25.2 Å². The SMILES string of the molecule is Fc1ccc(CC2(Cn3ccnc3)OCc3ccccc32)cc1. The minimum Gasteiger partial charge on any atom is -0.363 e. The molecule has 0 fully saturated rings. The van der Waals surface area contributed by atoms with Crippen LogP contribution < -0.4 is 0 Å². The van der Waals surface area contributed by atoms with Crippen molar-refractivity contribution < 1.29 is 9.13 Å². The van der Waals surface area contributed by atoms with E-state index >= 15 is 0 Å². The molecule has 0 aliphatic carbocycles. The Bertz CT molecular complexity index is 799. The van der Waals surface area contributed by atoms with Gasteiger partial charge in [0, 0.05) is 18.8 Å². The Morgan fingerprint density at radius 2 is 1.96 bits per heavy atom. The highest BCUT2D eigenvalue weighted by Gasteiger charge is 2.40. The summed E-state index contributed by atoms with van der Waals surface area (Å²) in [5, 5.41) is 0. The Morgan fingerprint density at radius 1 is 1.13 bits per heavy atom. The van der Waals surface area contributed by atoms with E-state index in [4.69, 9.17) is 4.74 Å². The van der Waals surface area contributed by atoms with Gasteiger partial charge in [-0.15, -0.1) is 0 Å². The molecule has 2 aromatic carbocycles. The van der Waals surface area contributed by atoms with Crippen molar-refractivity contribution >= 4 is 0 Å². The van der Waals surface area contributed by atoms with Gasteiger partial charge in [0.25, 0.3) is 0 Å². The fraction of sp³-hybridized carbons (Fsp3) is 0.211. The van der Waals surface area contributed by atoms with Gasteiger partial charge in [0.2, 0.25) is 0 Å². The summed E-state index contributed by atoms with van der Waals surface area (Å²) in [7, 11) is 0. The van der Waals surface area contributed by atoms with Crippen molar-refractivity contribution in [3.8, 4) is 0 Å². The van der Waals surface area contributed by atoms with E-state index in [1.165, 1.54) is 23.3 Å². The maximum absolute atomic E-state index is 13.2. The van der Waals surface area contributed by atoms with Gasteiger partial charge in [-0.05, 0) is 28.8 Å². The second-order valence-electron chi connectivity index (χ2n) is 5.98. The van der Waals surface area contributed by atoms with Gasteiger partial charge in [0.15, 0.2) is 0 Å². The molecule has 0 spiro atoms. The van der Waals surface area contributed by atoms with Crippen LogP contribution in [0, 0.1) is 5.82 Å². The van der Waals surface area contributed by atoms with Crippen LogP contribution in [0.15, 0.2) is 67.3 Å². The molecule has 1 unspecified atom stereocenters. The van der Waals surface area contributed by atoms with Crippen molar-refractivity contribution in [1.29, 1.82) is 0 Å². The highest BCUT2D eigenvalue weighted by molar-refractivity contribution is 5.37. The molecule has 0 amide bonds. The van der Waals surface area contributed by atoms with Gasteiger partial charge in [0.05, 0.1) is 19.5 Å². The normalized spacial score (nSPS) is 19.7. The van der Waals surface area contributed by atoms with Gasteiger partial charge >= 0.3 is 0 Å². The molecule has 2 heterocycles. The standard InChI is InChI=1S/C19H17FN2O/c20-17-7-5-15(6-8-17)11-19(13-22-10-9-21-14-22)18-4-2-1-3-16(18)12-23-19/h1-10,14H,11-13H2. The Balaban J connectivity index is 1.74. The van der Waals surface area contributed by atoms with E-state index in [2.05, 4.69) is 17.1 Å². The average molecular weight is 308 g/mol. The zero-order chi connectivity index (χ0) is 15.7. The lowest BCUT2D eigenvalue weighted by Crippen LogP contribution is -2.33. The molecule has 1 aliphatic rings. The first kappa shape index (κ1) is 14.2. The van der Waals surface area contributed by atoms with Gasteiger partial charge in [-0.3, -0.25) is 0 Å². The van der Waals surface area contributed by atoms with Crippen LogP contribution in [0.4, 0.5) is 4.39 Å². The van der Waals surface area contributed by atoms with Gasteiger partial charge < -0.3 is 9.30 Å². The Hall–Kier alpha value is -2.46. The zero-order valence-corrected chi connectivity index (χ0v) is 12.7. The number of ether oxygens (including phenoxy) is 1. The summed E-state index contributed by atoms with van der Waals surface area (Å²) in [5.41, 5.74) is 3.03. The number of nitrogens with zero attached hydrogens (tertiary/aromatic N) is 2. The van der Waals surface area contributed by atoms with E-state index in [0.29, 0.717) is 19.6 Å². The van der Waals surface area contributed by atoms with Crippen molar-refractivity contribution in [1.82, 2.24) is 9.55 Å². The molecular weight excluding hydrogens is 291 g/mol. The van der Waals surface area contributed by atoms with Gasteiger partial charge in [-0.1, -0.05) is 36.4 Å². The van der Waals surface area contributed by atoms with E-state index in [9.17, 15) is 4.39 Å². The number of fused-ring (bicyclic) bond motifs is 1. The van der Waals surface area contributed by atoms with Gasteiger partial charge in [-0.25, -0.2) is 9.37 Å². The summed E-state index contributed by atoms with van der Waals surface area (Å²) >= 11 is 0. The van der Waals surface area contributed by atoms with Crippen LogP contribution in [-0.2, 0) is 29.9 Å². The van der Waals surface area contributed by atoms with Crippen LogP contribution in [-0.4, -0.2) is 9.55 Å². The lowest BCUT2D eigenvalue weighted by Gasteiger charge is -2.30. The smallest absolute Gasteiger partial charge is 0.123 e. The van der Waals surface area contributed by atoms with Gasteiger partial charge in [0.1, 0.15) is 11.4 Å². The maximum Gasteiger partial charge on any atom is 0.123 e. The van der Waals surface area contributed by atoms with Crippen LogP contribution in [0.1, 0.15) is 16.7 Å². The summed E-state index contributed by atoms with van der Waals surface area (Å²) in [6.07, 6.45) is 6.21. The minimum absolute atomic E-state index is 0.217. The molecule has 3 aromatic rings. The van der Waals surface area contributed by atoms with E-state index in [1.807, 2.05) is 35.0 Å². The largest absolute Gasteiger partial charge is 0.363 e. The second-order valence-corrected chi connectivity index (χ2v) is 5.98. The van der Waals surface area contributed by atoms with Crippen LogP contribution in [0.25, 0.3) is 0 Å².